The zero-order valence-electron chi connectivity index (χ0n) is 13.1. The van der Waals surface area contributed by atoms with E-state index in [0.717, 1.165) is 0 Å². The number of nitrogens with one attached hydrogen (secondary N) is 1. The number of ether oxygens (including phenoxy) is 1. The molecule has 0 fully saturated rings. The zero-order chi connectivity index (χ0) is 16.9. The standard InChI is InChI=1S/C15H20Cl2N2O3/c1-15(2,3)22-14(21)9-19(4)8-13(20)18-10-5-6-11(16)12(17)7-10/h5-7H,8-9H2,1-4H3,(H,18,20). The second-order valence-corrected chi connectivity index (χ2v) is 6.75. The first kappa shape index (κ1) is 18.7. The van der Waals surface area contributed by atoms with Crippen molar-refractivity contribution < 1.29 is 14.3 Å². The van der Waals surface area contributed by atoms with Crippen LogP contribution in [0.15, 0.2) is 18.2 Å². The number of hydrogen-bond acceptors (Lipinski definition) is 4. The maximum atomic E-state index is 11.9. The van der Waals surface area contributed by atoms with E-state index in [-0.39, 0.29) is 25.0 Å². The predicted octanol–water partition coefficient (Wildman–Crippen LogP) is 3.21. The quantitative estimate of drug-likeness (QED) is 0.831. The number of benzene rings is 1. The maximum absolute atomic E-state index is 11.9. The summed E-state index contributed by atoms with van der Waals surface area (Å²) in [6.45, 7) is 5.47. The van der Waals surface area contributed by atoms with Crippen LogP contribution in [-0.4, -0.2) is 42.5 Å². The molecule has 1 rings (SSSR count). The Bertz CT molecular complexity index is 556. The Kier molecular flexibility index (Phi) is 6.66. The largest absolute Gasteiger partial charge is 0.459 e. The molecule has 1 amide bonds. The summed E-state index contributed by atoms with van der Waals surface area (Å²) in [4.78, 5) is 25.1. The molecular formula is C15H20Cl2N2O3. The SMILES string of the molecule is CN(CC(=O)Nc1ccc(Cl)c(Cl)c1)CC(=O)OC(C)(C)C. The van der Waals surface area contributed by atoms with Gasteiger partial charge in [0.15, 0.2) is 0 Å². The summed E-state index contributed by atoms with van der Waals surface area (Å²) in [6, 6.07) is 4.82. The molecule has 1 aromatic carbocycles. The highest BCUT2D eigenvalue weighted by Gasteiger charge is 2.18. The normalized spacial score (nSPS) is 11.4. The number of anilines is 1. The van der Waals surface area contributed by atoms with E-state index in [9.17, 15) is 9.59 Å². The number of esters is 1. The van der Waals surface area contributed by atoms with Crippen LogP contribution in [0, 0.1) is 0 Å². The Labute approximate surface area is 140 Å². The molecule has 122 valence electrons. The fourth-order valence-corrected chi connectivity index (χ4v) is 1.97. The molecule has 1 N–H and O–H groups in total. The van der Waals surface area contributed by atoms with Crippen molar-refractivity contribution in [3.63, 3.8) is 0 Å². The van der Waals surface area contributed by atoms with Gasteiger partial charge in [-0.2, -0.15) is 0 Å². The molecule has 0 saturated carbocycles. The third-order valence-corrected chi connectivity index (χ3v) is 3.17. The summed E-state index contributed by atoms with van der Waals surface area (Å²) in [6.07, 6.45) is 0. The van der Waals surface area contributed by atoms with Gasteiger partial charge in [-0.15, -0.1) is 0 Å². The van der Waals surface area contributed by atoms with Crippen LogP contribution in [0.2, 0.25) is 10.0 Å². The fourth-order valence-electron chi connectivity index (χ4n) is 1.67. The van der Waals surface area contributed by atoms with E-state index in [1.807, 2.05) is 0 Å². The number of halogens is 2. The number of nitrogens with zero attached hydrogens (tertiary/aromatic N) is 1. The van der Waals surface area contributed by atoms with Crippen molar-refractivity contribution in [1.82, 2.24) is 4.90 Å². The number of amides is 1. The van der Waals surface area contributed by atoms with Gasteiger partial charge in [-0.05, 0) is 46.0 Å². The lowest BCUT2D eigenvalue weighted by Crippen LogP contribution is -2.37. The van der Waals surface area contributed by atoms with E-state index in [0.29, 0.717) is 15.7 Å². The van der Waals surface area contributed by atoms with Crippen LogP contribution in [-0.2, 0) is 14.3 Å². The van der Waals surface area contributed by atoms with Crippen LogP contribution >= 0.6 is 23.2 Å². The minimum absolute atomic E-state index is 0.0338. The molecule has 0 aliphatic heterocycles. The zero-order valence-corrected chi connectivity index (χ0v) is 14.6. The van der Waals surface area contributed by atoms with Gasteiger partial charge in [-0.1, -0.05) is 23.2 Å². The third-order valence-electron chi connectivity index (χ3n) is 2.44. The van der Waals surface area contributed by atoms with Gasteiger partial charge in [-0.25, -0.2) is 0 Å². The predicted molar refractivity (Wildman–Crippen MR) is 88.4 cm³/mol. The molecule has 0 aliphatic rings. The Balaban J connectivity index is 2.47. The molecule has 0 unspecified atom stereocenters. The molecule has 1 aromatic rings. The van der Waals surface area contributed by atoms with Gasteiger partial charge < -0.3 is 10.1 Å². The molecule has 5 nitrogen and oxygen atoms in total. The van der Waals surface area contributed by atoms with E-state index in [1.165, 1.54) is 0 Å². The average Bonchev–Trinajstić information content (AvgIpc) is 2.30. The van der Waals surface area contributed by atoms with Crippen molar-refractivity contribution >= 4 is 40.8 Å². The summed E-state index contributed by atoms with van der Waals surface area (Å²) in [5, 5.41) is 3.47. The van der Waals surface area contributed by atoms with E-state index in [2.05, 4.69) is 5.32 Å². The lowest BCUT2D eigenvalue weighted by Gasteiger charge is -2.22. The van der Waals surface area contributed by atoms with E-state index >= 15 is 0 Å². The number of hydrogen-bond donors (Lipinski definition) is 1. The Morgan fingerprint density at radius 3 is 2.36 bits per heavy atom. The second kappa shape index (κ2) is 7.81. The molecular weight excluding hydrogens is 327 g/mol. The molecule has 0 bridgehead atoms. The van der Waals surface area contributed by atoms with E-state index < -0.39 is 5.60 Å². The van der Waals surface area contributed by atoms with E-state index in [1.54, 1.807) is 50.9 Å². The first-order valence-electron chi connectivity index (χ1n) is 6.72. The first-order chi connectivity index (χ1) is 10.1. The fraction of sp³-hybridized carbons (Fsp3) is 0.467. The van der Waals surface area contributed by atoms with Gasteiger partial charge >= 0.3 is 5.97 Å². The molecule has 0 aliphatic carbocycles. The average molecular weight is 347 g/mol. The lowest BCUT2D eigenvalue weighted by molar-refractivity contribution is -0.155. The molecule has 0 heterocycles. The third kappa shape index (κ3) is 7.11. The molecule has 0 spiro atoms. The van der Waals surface area contributed by atoms with Crippen LogP contribution in [0.25, 0.3) is 0 Å². The van der Waals surface area contributed by atoms with Crippen LogP contribution < -0.4 is 5.32 Å². The first-order valence-corrected chi connectivity index (χ1v) is 7.48. The van der Waals surface area contributed by atoms with Gasteiger partial charge in [0.05, 0.1) is 23.1 Å². The highest BCUT2D eigenvalue weighted by atomic mass is 35.5. The van der Waals surface area contributed by atoms with Crippen molar-refractivity contribution in [2.45, 2.75) is 26.4 Å². The number of carbonyl (C=O) groups excluding carboxylic acids is 2. The molecule has 0 atom stereocenters. The van der Waals surface area contributed by atoms with Crippen LogP contribution in [0.4, 0.5) is 5.69 Å². The summed E-state index contributed by atoms with van der Waals surface area (Å²) >= 11 is 11.7. The van der Waals surface area contributed by atoms with Crippen molar-refractivity contribution in [3.05, 3.63) is 28.2 Å². The van der Waals surface area contributed by atoms with Crippen molar-refractivity contribution in [3.8, 4) is 0 Å². The maximum Gasteiger partial charge on any atom is 0.320 e. The topological polar surface area (TPSA) is 58.6 Å². The van der Waals surface area contributed by atoms with Gasteiger partial charge in [0, 0.05) is 5.69 Å². The van der Waals surface area contributed by atoms with Crippen LogP contribution in [0.1, 0.15) is 20.8 Å². The van der Waals surface area contributed by atoms with Crippen LogP contribution in [0.3, 0.4) is 0 Å². The summed E-state index contributed by atoms with van der Waals surface area (Å²) in [5.74, 6) is -0.637. The van der Waals surface area contributed by atoms with Crippen molar-refractivity contribution in [2.24, 2.45) is 0 Å². The number of carbonyl (C=O) groups is 2. The second-order valence-electron chi connectivity index (χ2n) is 5.94. The van der Waals surface area contributed by atoms with Gasteiger partial charge in [0.25, 0.3) is 0 Å². The Morgan fingerprint density at radius 2 is 1.82 bits per heavy atom. The molecule has 0 saturated heterocycles. The molecule has 22 heavy (non-hydrogen) atoms. The summed E-state index contributed by atoms with van der Waals surface area (Å²) < 4.78 is 5.19. The minimum atomic E-state index is -0.541. The van der Waals surface area contributed by atoms with Crippen molar-refractivity contribution in [1.29, 1.82) is 0 Å². The van der Waals surface area contributed by atoms with Gasteiger partial charge in [0.2, 0.25) is 5.91 Å². The summed E-state index contributed by atoms with van der Waals surface area (Å²) in [7, 11) is 1.67. The molecule has 7 heteroatoms. The minimum Gasteiger partial charge on any atom is -0.459 e. The lowest BCUT2D eigenvalue weighted by atomic mass is 10.2. The molecule has 0 radical (unpaired) electrons. The highest BCUT2D eigenvalue weighted by Crippen LogP contribution is 2.24. The number of rotatable bonds is 5. The van der Waals surface area contributed by atoms with Crippen LogP contribution in [0.5, 0.6) is 0 Å². The Morgan fingerprint density at radius 1 is 1.18 bits per heavy atom. The van der Waals surface area contributed by atoms with Gasteiger partial charge in [-0.3, -0.25) is 14.5 Å². The van der Waals surface area contributed by atoms with Gasteiger partial charge in [0.1, 0.15) is 5.60 Å². The van der Waals surface area contributed by atoms with E-state index in [4.69, 9.17) is 27.9 Å². The monoisotopic (exact) mass is 346 g/mol. The Hall–Kier alpha value is -1.30. The highest BCUT2D eigenvalue weighted by molar-refractivity contribution is 6.42. The summed E-state index contributed by atoms with van der Waals surface area (Å²) in [5.41, 5.74) is 0.00493. The number of likely N-dealkylation sites (N-methyl/N-ethyl adjacent to an activating group) is 1. The molecule has 0 aromatic heterocycles. The van der Waals surface area contributed by atoms with Crippen molar-refractivity contribution in [2.75, 3.05) is 25.5 Å². The smallest absolute Gasteiger partial charge is 0.320 e.